The molecule has 19 heavy (non-hydrogen) atoms. The fourth-order valence-electron chi connectivity index (χ4n) is 1.62. The fraction of sp³-hybridized carbons (Fsp3) is 0. The number of carbonyl (C=O) groups excluding carboxylic acids is 1. The quantitative estimate of drug-likeness (QED) is 0.742. The highest BCUT2D eigenvalue weighted by Gasteiger charge is 2.08. The number of aromatic nitrogens is 4. The van der Waals surface area contributed by atoms with Crippen molar-refractivity contribution in [2.75, 3.05) is 5.32 Å². The molecule has 2 N–H and O–H groups in total. The summed E-state index contributed by atoms with van der Waals surface area (Å²) < 4.78 is 4.86. The number of hydrogen-bond acceptors (Lipinski definition) is 5. The van der Waals surface area contributed by atoms with Crippen LogP contribution in [0.15, 0.2) is 47.3 Å². The third kappa shape index (κ3) is 2.34. The van der Waals surface area contributed by atoms with Crippen LogP contribution in [-0.4, -0.2) is 26.5 Å². The lowest BCUT2D eigenvalue weighted by Gasteiger charge is -2.04. The van der Waals surface area contributed by atoms with Crippen molar-refractivity contribution in [3.05, 3.63) is 48.4 Å². The molecule has 7 heteroatoms. The molecule has 0 atom stereocenters. The number of furan rings is 1. The van der Waals surface area contributed by atoms with Gasteiger partial charge >= 0.3 is 0 Å². The highest BCUT2D eigenvalue weighted by Crippen LogP contribution is 2.18. The number of rotatable bonds is 3. The maximum atomic E-state index is 11.9. The Hall–Kier alpha value is -2.96. The Morgan fingerprint density at radius 2 is 2.26 bits per heavy atom. The molecule has 7 nitrogen and oxygen atoms in total. The van der Waals surface area contributed by atoms with Crippen molar-refractivity contribution in [3.63, 3.8) is 0 Å². The smallest absolute Gasteiger partial charge is 0.258 e. The monoisotopic (exact) mass is 255 g/mol. The first kappa shape index (κ1) is 11.1. The number of nitrogens with zero attached hydrogens (tertiary/aromatic N) is 3. The van der Waals surface area contributed by atoms with Crippen LogP contribution in [0.3, 0.4) is 0 Å². The first-order valence-corrected chi connectivity index (χ1v) is 5.50. The molecule has 0 saturated carbocycles. The number of aromatic amines is 1. The van der Waals surface area contributed by atoms with Crippen molar-refractivity contribution in [2.45, 2.75) is 0 Å². The van der Waals surface area contributed by atoms with Gasteiger partial charge in [0.15, 0.2) is 0 Å². The standard InChI is InChI=1S/C12H9N5O2/c18-12(9-4-5-19-7-9)13-10-3-1-2-8(6-10)11-14-16-17-15-11/h1-7H,(H,13,18)(H,14,15,16,17). The van der Waals surface area contributed by atoms with Crippen LogP contribution in [-0.2, 0) is 0 Å². The number of tetrazole rings is 1. The predicted octanol–water partition coefficient (Wildman–Crippen LogP) is 1.71. The molecular formula is C12H9N5O2. The number of nitrogens with one attached hydrogen (secondary N) is 2. The number of carbonyl (C=O) groups is 1. The summed E-state index contributed by atoms with van der Waals surface area (Å²) in [7, 11) is 0. The topological polar surface area (TPSA) is 96.7 Å². The third-order valence-corrected chi connectivity index (χ3v) is 2.51. The van der Waals surface area contributed by atoms with Crippen LogP contribution in [0.2, 0.25) is 0 Å². The van der Waals surface area contributed by atoms with E-state index < -0.39 is 0 Å². The van der Waals surface area contributed by atoms with E-state index in [0.29, 0.717) is 17.1 Å². The highest BCUT2D eigenvalue weighted by molar-refractivity contribution is 6.04. The molecule has 94 valence electrons. The molecule has 0 aliphatic rings. The van der Waals surface area contributed by atoms with E-state index in [1.165, 1.54) is 12.5 Å². The minimum absolute atomic E-state index is 0.237. The molecule has 0 aliphatic carbocycles. The van der Waals surface area contributed by atoms with Gasteiger partial charge in [-0.2, -0.15) is 5.21 Å². The van der Waals surface area contributed by atoms with Crippen LogP contribution >= 0.6 is 0 Å². The van der Waals surface area contributed by atoms with Crippen molar-refractivity contribution in [1.29, 1.82) is 0 Å². The van der Waals surface area contributed by atoms with Crippen LogP contribution in [0, 0.1) is 0 Å². The number of amides is 1. The molecular weight excluding hydrogens is 246 g/mol. The normalized spacial score (nSPS) is 10.3. The van der Waals surface area contributed by atoms with Crippen LogP contribution in [0.25, 0.3) is 11.4 Å². The highest BCUT2D eigenvalue weighted by atomic mass is 16.3. The van der Waals surface area contributed by atoms with Gasteiger partial charge in [-0.15, -0.1) is 10.2 Å². The average molecular weight is 255 g/mol. The van der Waals surface area contributed by atoms with E-state index in [1.807, 2.05) is 6.07 Å². The lowest BCUT2D eigenvalue weighted by Crippen LogP contribution is -2.10. The molecule has 0 bridgehead atoms. The second-order valence-electron chi connectivity index (χ2n) is 3.78. The van der Waals surface area contributed by atoms with Crippen molar-refractivity contribution in [3.8, 4) is 11.4 Å². The van der Waals surface area contributed by atoms with Crippen molar-refractivity contribution < 1.29 is 9.21 Å². The Bertz CT molecular complexity index is 676. The van der Waals surface area contributed by atoms with Crippen LogP contribution in [0.5, 0.6) is 0 Å². The Balaban J connectivity index is 1.82. The molecule has 0 unspecified atom stereocenters. The maximum Gasteiger partial charge on any atom is 0.258 e. The predicted molar refractivity (Wildman–Crippen MR) is 66.3 cm³/mol. The van der Waals surface area contributed by atoms with Crippen molar-refractivity contribution in [1.82, 2.24) is 20.6 Å². The Morgan fingerprint density at radius 3 is 3.00 bits per heavy atom. The van der Waals surface area contributed by atoms with E-state index in [4.69, 9.17) is 4.42 Å². The summed E-state index contributed by atoms with van der Waals surface area (Å²) in [6.07, 6.45) is 2.84. The first-order valence-electron chi connectivity index (χ1n) is 5.50. The van der Waals surface area contributed by atoms with E-state index in [9.17, 15) is 4.79 Å². The summed E-state index contributed by atoms with van der Waals surface area (Å²) in [4.78, 5) is 11.9. The van der Waals surface area contributed by atoms with E-state index in [1.54, 1.807) is 24.3 Å². The summed E-state index contributed by atoms with van der Waals surface area (Å²) in [5, 5.41) is 16.4. The molecule has 0 radical (unpaired) electrons. The summed E-state index contributed by atoms with van der Waals surface area (Å²) in [5.41, 5.74) is 1.87. The molecule has 1 aromatic carbocycles. The van der Waals surface area contributed by atoms with Gasteiger partial charge in [-0.3, -0.25) is 4.79 Å². The van der Waals surface area contributed by atoms with Crippen molar-refractivity contribution >= 4 is 11.6 Å². The van der Waals surface area contributed by atoms with Crippen LogP contribution < -0.4 is 5.32 Å². The van der Waals surface area contributed by atoms with Gasteiger partial charge in [0.2, 0.25) is 5.82 Å². The van der Waals surface area contributed by atoms with E-state index in [-0.39, 0.29) is 5.91 Å². The number of H-pyrrole nitrogens is 1. The van der Waals surface area contributed by atoms with Gasteiger partial charge in [0.25, 0.3) is 5.91 Å². The number of anilines is 1. The molecule has 2 aromatic heterocycles. The number of hydrogen-bond donors (Lipinski definition) is 2. The van der Waals surface area contributed by atoms with Gasteiger partial charge < -0.3 is 9.73 Å². The van der Waals surface area contributed by atoms with Crippen molar-refractivity contribution in [2.24, 2.45) is 0 Å². The van der Waals surface area contributed by atoms with Gasteiger partial charge in [-0.25, -0.2) is 0 Å². The Labute approximate surface area is 107 Å². The zero-order chi connectivity index (χ0) is 13.1. The molecule has 1 amide bonds. The molecule has 0 fully saturated rings. The zero-order valence-corrected chi connectivity index (χ0v) is 9.70. The molecule has 2 heterocycles. The van der Waals surface area contributed by atoms with E-state index in [0.717, 1.165) is 5.56 Å². The fourth-order valence-corrected chi connectivity index (χ4v) is 1.62. The second-order valence-corrected chi connectivity index (χ2v) is 3.78. The van der Waals surface area contributed by atoms with Crippen LogP contribution in [0.4, 0.5) is 5.69 Å². The van der Waals surface area contributed by atoms with Gasteiger partial charge in [0.05, 0.1) is 11.8 Å². The minimum Gasteiger partial charge on any atom is -0.472 e. The van der Waals surface area contributed by atoms with E-state index in [2.05, 4.69) is 25.9 Å². The van der Waals surface area contributed by atoms with E-state index >= 15 is 0 Å². The molecule has 3 rings (SSSR count). The molecule has 0 spiro atoms. The Kier molecular flexibility index (Phi) is 2.77. The molecule has 0 saturated heterocycles. The van der Waals surface area contributed by atoms with Gasteiger partial charge in [-0.05, 0) is 23.4 Å². The lowest BCUT2D eigenvalue weighted by molar-refractivity contribution is 0.102. The molecule has 3 aromatic rings. The third-order valence-electron chi connectivity index (χ3n) is 2.51. The second kappa shape index (κ2) is 4.73. The van der Waals surface area contributed by atoms with Gasteiger partial charge in [0.1, 0.15) is 6.26 Å². The summed E-state index contributed by atoms with van der Waals surface area (Å²) in [6, 6.07) is 8.78. The summed E-state index contributed by atoms with van der Waals surface area (Å²) >= 11 is 0. The lowest BCUT2D eigenvalue weighted by atomic mass is 10.2. The largest absolute Gasteiger partial charge is 0.472 e. The van der Waals surface area contributed by atoms with Gasteiger partial charge in [-0.1, -0.05) is 12.1 Å². The Morgan fingerprint density at radius 1 is 1.32 bits per heavy atom. The number of benzene rings is 1. The summed E-state index contributed by atoms with van der Waals surface area (Å²) in [6.45, 7) is 0. The molecule has 0 aliphatic heterocycles. The summed E-state index contributed by atoms with van der Waals surface area (Å²) in [5.74, 6) is 0.235. The zero-order valence-electron chi connectivity index (χ0n) is 9.70. The maximum absolute atomic E-state index is 11.9. The van der Waals surface area contributed by atoms with Crippen LogP contribution in [0.1, 0.15) is 10.4 Å². The minimum atomic E-state index is -0.237. The SMILES string of the molecule is O=C(Nc1cccc(-c2nn[nH]n2)c1)c1ccoc1. The average Bonchev–Trinajstić information content (AvgIpc) is 3.13. The van der Waals surface area contributed by atoms with Gasteiger partial charge in [0, 0.05) is 11.3 Å². The first-order chi connectivity index (χ1) is 9.33.